The number of fused-ring (bicyclic) bond motifs is 2. The van der Waals surface area contributed by atoms with Gasteiger partial charge in [-0.2, -0.15) is 0 Å². The number of amides is 3. The van der Waals surface area contributed by atoms with E-state index in [1.54, 1.807) is 18.1 Å². The van der Waals surface area contributed by atoms with Gasteiger partial charge in [-0.25, -0.2) is 0 Å². The standard InChI is InChI=1S/C34H38N4O5/c1-42-20-23-3-2-4-27(23)30-10-6-22-15-21(5-9-29(22)35-30)17-37-14-13-26(19-37)43-25-7-8-28-24(16-25)18-38(34(28)41)31-11-12-32(39)36-33(31)40/h5-10,15-16,23,26-27,31H,2-4,11-14,17-20H2,1H3,(H,36,39,40)/t23-,26+,27-,31?/m1/s1. The third-order valence-electron chi connectivity index (χ3n) is 9.63. The lowest BCUT2D eigenvalue weighted by Crippen LogP contribution is -2.52. The minimum Gasteiger partial charge on any atom is -0.489 e. The van der Waals surface area contributed by atoms with E-state index in [9.17, 15) is 14.4 Å². The van der Waals surface area contributed by atoms with Crippen LogP contribution in [0.5, 0.6) is 5.75 Å². The highest BCUT2D eigenvalue weighted by Gasteiger charge is 2.39. The van der Waals surface area contributed by atoms with Crippen molar-refractivity contribution in [2.75, 3.05) is 26.8 Å². The van der Waals surface area contributed by atoms with Crippen molar-refractivity contribution in [1.82, 2.24) is 20.1 Å². The predicted molar refractivity (Wildman–Crippen MR) is 160 cm³/mol. The van der Waals surface area contributed by atoms with E-state index < -0.39 is 11.9 Å². The molecular weight excluding hydrogens is 544 g/mol. The first-order chi connectivity index (χ1) is 20.9. The molecule has 1 unspecified atom stereocenters. The van der Waals surface area contributed by atoms with Gasteiger partial charge >= 0.3 is 0 Å². The fourth-order valence-electron chi connectivity index (χ4n) is 7.45. The molecule has 0 bridgehead atoms. The zero-order valence-electron chi connectivity index (χ0n) is 24.6. The molecular formula is C34H38N4O5. The Labute approximate surface area is 251 Å². The number of hydrogen-bond donors (Lipinski definition) is 1. The smallest absolute Gasteiger partial charge is 0.255 e. The van der Waals surface area contributed by atoms with Crippen LogP contribution in [0.2, 0.25) is 0 Å². The van der Waals surface area contributed by atoms with Gasteiger partial charge in [0, 0.05) is 68.9 Å². The summed E-state index contributed by atoms with van der Waals surface area (Å²) in [4.78, 5) is 45.9. The number of rotatable bonds is 8. The topological polar surface area (TPSA) is 101 Å². The van der Waals surface area contributed by atoms with Crippen LogP contribution in [-0.2, 0) is 27.4 Å². The molecule has 7 rings (SSSR count). The number of benzene rings is 2. The first kappa shape index (κ1) is 28.0. The summed E-state index contributed by atoms with van der Waals surface area (Å²) in [6.45, 7) is 3.79. The van der Waals surface area contributed by atoms with Gasteiger partial charge in [0.05, 0.1) is 5.52 Å². The highest BCUT2D eigenvalue weighted by Crippen LogP contribution is 2.39. The maximum Gasteiger partial charge on any atom is 0.255 e. The van der Waals surface area contributed by atoms with Gasteiger partial charge in [-0.15, -0.1) is 0 Å². The van der Waals surface area contributed by atoms with E-state index in [1.807, 2.05) is 12.1 Å². The average Bonchev–Trinajstić information content (AvgIpc) is 3.72. The number of carbonyl (C=O) groups excluding carboxylic acids is 3. The fourth-order valence-corrected chi connectivity index (χ4v) is 7.45. The lowest BCUT2D eigenvalue weighted by atomic mass is 9.92. The van der Waals surface area contributed by atoms with Crippen molar-refractivity contribution in [2.24, 2.45) is 5.92 Å². The molecule has 2 aromatic carbocycles. The number of ether oxygens (including phenoxy) is 2. The number of hydrogen-bond acceptors (Lipinski definition) is 7. The first-order valence-corrected chi connectivity index (χ1v) is 15.5. The molecule has 3 fully saturated rings. The zero-order valence-corrected chi connectivity index (χ0v) is 24.6. The number of imide groups is 1. The van der Waals surface area contributed by atoms with E-state index in [-0.39, 0.29) is 24.3 Å². The number of piperidine rings is 1. The summed E-state index contributed by atoms with van der Waals surface area (Å²) >= 11 is 0. The van der Waals surface area contributed by atoms with Crippen LogP contribution in [0.25, 0.3) is 10.9 Å². The Morgan fingerprint density at radius 3 is 2.77 bits per heavy atom. The Morgan fingerprint density at radius 2 is 1.91 bits per heavy atom. The molecule has 1 aromatic heterocycles. The van der Waals surface area contributed by atoms with Crippen molar-refractivity contribution in [3.63, 3.8) is 0 Å². The summed E-state index contributed by atoms with van der Waals surface area (Å²) in [6.07, 6.45) is 5.25. The lowest BCUT2D eigenvalue weighted by Gasteiger charge is -2.29. The zero-order chi connectivity index (χ0) is 29.5. The van der Waals surface area contributed by atoms with Crippen LogP contribution in [0.1, 0.15) is 71.6 Å². The second kappa shape index (κ2) is 11.7. The van der Waals surface area contributed by atoms with Crippen molar-refractivity contribution in [3.05, 3.63) is 70.9 Å². The number of aromatic nitrogens is 1. The lowest BCUT2D eigenvalue weighted by molar-refractivity contribution is -0.136. The molecule has 1 aliphatic carbocycles. The number of nitrogens with zero attached hydrogens (tertiary/aromatic N) is 3. The summed E-state index contributed by atoms with van der Waals surface area (Å²) in [5.74, 6) is 0.943. The van der Waals surface area contributed by atoms with Crippen LogP contribution in [0.3, 0.4) is 0 Å². The number of methoxy groups -OCH3 is 1. The maximum absolute atomic E-state index is 13.0. The van der Waals surface area contributed by atoms with Crippen molar-refractivity contribution in [1.29, 1.82) is 0 Å². The molecule has 43 heavy (non-hydrogen) atoms. The molecule has 4 atom stereocenters. The minimum atomic E-state index is -0.612. The number of carbonyl (C=O) groups is 3. The summed E-state index contributed by atoms with van der Waals surface area (Å²) in [5.41, 5.74) is 4.97. The second-order valence-corrected chi connectivity index (χ2v) is 12.5. The van der Waals surface area contributed by atoms with Crippen molar-refractivity contribution < 1.29 is 23.9 Å². The van der Waals surface area contributed by atoms with E-state index >= 15 is 0 Å². The normalized spacial score (nSPS) is 25.9. The summed E-state index contributed by atoms with van der Waals surface area (Å²) in [7, 11) is 1.79. The first-order valence-electron chi connectivity index (χ1n) is 15.5. The molecule has 1 N–H and O–H groups in total. The second-order valence-electron chi connectivity index (χ2n) is 12.5. The summed E-state index contributed by atoms with van der Waals surface area (Å²) in [5, 5.41) is 3.53. The van der Waals surface area contributed by atoms with Crippen LogP contribution >= 0.6 is 0 Å². The van der Waals surface area contributed by atoms with Crippen LogP contribution in [0, 0.1) is 5.92 Å². The van der Waals surface area contributed by atoms with E-state index in [2.05, 4.69) is 40.5 Å². The third kappa shape index (κ3) is 5.63. The molecule has 9 heteroatoms. The Balaban J connectivity index is 0.957. The van der Waals surface area contributed by atoms with Gasteiger partial charge in [-0.1, -0.05) is 18.6 Å². The minimum absolute atomic E-state index is 0.0672. The number of pyridine rings is 1. The molecule has 4 aliphatic rings. The summed E-state index contributed by atoms with van der Waals surface area (Å²) < 4.78 is 11.8. The summed E-state index contributed by atoms with van der Waals surface area (Å²) in [6, 6.07) is 16.0. The Hall–Kier alpha value is -3.82. The molecule has 3 aliphatic heterocycles. The Kier molecular flexibility index (Phi) is 7.61. The highest BCUT2D eigenvalue weighted by atomic mass is 16.5. The molecule has 9 nitrogen and oxygen atoms in total. The van der Waals surface area contributed by atoms with Crippen molar-refractivity contribution in [3.8, 4) is 5.75 Å². The fraction of sp³-hybridized carbons (Fsp3) is 0.471. The highest BCUT2D eigenvalue weighted by molar-refractivity contribution is 6.05. The quantitative estimate of drug-likeness (QED) is 0.398. The molecule has 3 amide bonds. The molecule has 0 spiro atoms. The van der Waals surface area contributed by atoms with Gasteiger partial charge in [0.1, 0.15) is 17.9 Å². The van der Waals surface area contributed by atoms with Crippen LogP contribution in [-0.4, -0.2) is 71.5 Å². The number of likely N-dealkylation sites (tertiary alicyclic amines) is 1. The molecule has 0 radical (unpaired) electrons. The third-order valence-corrected chi connectivity index (χ3v) is 9.63. The molecule has 3 aromatic rings. The maximum atomic E-state index is 13.0. The van der Waals surface area contributed by atoms with Gasteiger partial charge in [-0.3, -0.25) is 29.6 Å². The predicted octanol–water partition coefficient (Wildman–Crippen LogP) is 4.18. The Bertz CT molecular complexity index is 1570. The largest absolute Gasteiger partial charge is 0.489 e. The van der Waals surface area contributed by atoms with Gasteiger partial charge in [0.2, 0.25) is 11.8 Å². The van der Waals surface area contributed by atoms with Gasteiger partial charge in [-0.05, 0) is 79.1 Å². The van der Waals surface area contributed by atoms with Crippen LogP contribution in [0.15, 0.2) is 48.5 Å². The van der Waals surface area contributed by atoms with Gasteiger partial charge in [0.15, 0.2) is 0 Å². The van der Waals surface area contributed by atoms with E-state index in [0.717, 1.165) is 49.5 Å². The molecule has 224 valence electrons. The van der Waals surface area contributed by atoms with Crippen LogP contribution in [0.4, 0.5) is 0 Å². The monoisotopic (exact) mass is 582 g/mol. The van der Waals surface area contributed by atoms with E-state index in [4.69, 9.17) is 14.5 Å². The molecule has 1 saturated carbocycles. The average molecular weight is 583 g/mol. The van der Waals surface area contributed by atoms with Gasteiger partial charge in [0.25, 0.3) is 5.91 Å². The Morgan fingerprint density at radius 1 is 1.00 bits per heavy atom. The van der Waals surface area contributed by atoms with Crippen LogP contribution < -0.4 is 10.1 Å². The van der Waals surface area contributed by atoms with E-state index in [0.29, 0.717) is 30.4 Å². The van der Waals surface area contributed by atoms with Crippen molar-refractivity contribution in [2.45, 2.75) is 69.7 Å². The SMILES string of the molecule is COC[C@H]1CCC[C@H]1c1ccc2cc(CN3CC[C@H](Oc4ccc5c(c4)CN(C4CCC(=O)NC4=O)C5=O)C3)ccc2n1. The molecule has 2 saturated heterocycles. The van der Waals surface area contributed by atoms with Gasteiger partial charge < -0.3 is 14.4 Å². The van der Waals surface area contributed by atoms with E-state index in [1.165, 1.54) is 35.9 Å². The molecule has 4 heterocycles. The van der Waals surface area contributed by atoms with Crippen molar-refractivity contribution >= 4 is 28.6 Å². The number of nitrogens with one attached hydrogen (secondary N) is 1.